The van der Waals surface area contributed by atoms with Crippen molar-refractivity contribution >= 4 is 0 Å². The van der Waals surface area contributed by atoms with Crippen LogP contribution in [0.4, 0.5) is 0 Å². The Morgan fingerprint density at radius 2 is 1.71 bits per heavy atom. The Balaban J connectivity index is 2.72. The molecule has 0 radical (unpaired) electrons. The lowest BCUT2D eigenvalue weighted by atomic mass is 9.99. The summed E-state index contributed by atoms with van der Waals surface area (Å²) in [6, 6.07) is 4.54. The van der Waals surface area contributed by atoms with Crippen LogP contribution in [0.1, 0.15) is 22.3 Å². The van der Waals surface area contributed by atoms with Crippen molar-refractivity contribution < 1.29 is 0 Å². The predicted octanol–water partition coefficient (Wildman–Crippen LogP) is 1.66. The lowest BCUT2D eigenvalue weighted by Crippen LogP contribution is -2.24. The minimum Gasteiger partial charge on any atom is -0.318 e. The van der Waals surface area contributed by atoms with Crippen molar-refractivity contribution in [3.05, 3.63) is 34.4 Å². The molecule has 1 aromatic rings. The van der Waals surface area contributed by atoms with Crippen LogP contribution in [0, 0.1) is 20.8 Å². The molecule has 0 aliphatic rings. The number of nitrogens with two attached hydrogens (primary N) is 1. The lowest BCUT2D eigenvalue weighted by molar-refractivity contribution is 0.699. The standard InChI is InChI=1S/C12H20N2/c1-9-6-11(3)12(7-10(9)2)4-5-14-8-13/h6-7,14H,4-5,8,13H2,1-3H3. The van der Waals surface area contributed by atoms with Crippen molar-refractivity contribution in [3.63, 3.8) is 0 Å². The molecule has 0 amide bonds. The molecule has 0 spiro atoms. The molecule has 0 aromatic heterocycles. The van der Waals surface area contributed by atoms with Gasteiger partial charge in [0.1, 0.15) is 0 Å². The van der Waals surface area contributed by atoms with Crippen LogP contribution >= 0.6 is 0 Å². The van der Waals surface area contributed by atoms with Crippen molar-refractivity contribution in [2.24, 2.45) is 5.73 Å². The highest BCUT2D eigenvalue weighted by Gasteiger charge is 2.00. The quantitative estimate of drug-likeness (QED) is 0.562. The Kier molecular flexibility index (Phi) is 4.11. The predicted molar refractivity (Wildman–Crippen MR) is 61.4 cm³/mol. The molecule has 0 aliphatic carbocycles. The molecule has 0 aliphatic heterocycles. The molecule has 14 heavy (non-hydrogen) atoms. The number of benzene rings is 1. The topological polar surface area (TPSA) is 38.0 Å². The summed E-state index contributed by atoms with van der Waals surface area (Å²) in [4.78, 5) is 0. The smallest absolute Gasteiger partial charge is 0.0428 e. The number of nitrogens with one attached hydrogen (secondary N) is 1. The molecule has 0 fully saturated rings. The van der Waals surface area contributed by atoms with Gasteiger partial charge in [-0.3, -0.25) is 0 Å². The van der Waals surface area contributed by atoms with E-state index in [0.29, 0.717) is 6.67 Å². The fourth-order valence-corrected chi connectivity index (χ4v) is 1.61. The van der Waals surface area contributed by atoms with E-state index in [1.807, 2.05) is 0 Å². The van der Waals surface area contributed by atoms with Crippen molar-refractivity contribution in [1.29, 1.82) is 0 Å². The molecular formula is C12H20N2. The SMILES string of the molecule is Cc1cc(C)c(CCNCN)cc1C. The zero-order valence-electron chi connectivity index (χ0n) is 9.35. The van der Waals surface area contributed by atoms with Gasteiger partial charge in [0.15, 0.2) is 0 Å². The maximum Gasteiger partial charge on any atom is 0.0428 e. The second-order valence-corrected chi connectivity index (χ2v) is 3.82. The molecule has 0 saturated carbocycles. The van der Waals surface area contributed by atoms with Gasteiger partial charge in [-0.2, -0.15) is 0 Å². The molecule has 78 valence electrons. The first-order valence-corrected chi connectivity index (χ1v) is 5.12. The average Bonchev–Trinajstić information content (AvgIpc) is 2.14. The zero-order valence-corrected chi connectivity index (χ0v) is 9.35. The van der Waals surface area contributed by atoms with Crippen LogP contribution in [0.5, 0.6) is 0 Å². The minimum atomic E-state index is 0.559. The Morgan fingerprint density at radius 1 is 1.07 bits per heavy atom. The number of hydrogen-bond acceptors (Lipinski definition) is 2. The summed E-state index contributed by atoms with van der Waals surface area (Å²) in [5, 5.41) is 3.14. The van der Waals surface area contributed by atoms with Gasteiger partial charge in [-0.25, -0.2) is 0 Å². The van der Waals surface area contributed by atoms with Crippen molar-refractivity contribution in [2.45, 2.75) is 27.2 Å². The molecule has 2 nitrogen and oxygen atoms in total. The van der Waals surface area contributed by atoms with E-state index in [9.17, 15) is 0 Å². The normalized spacial score (nSPS) is 10.6. The van der Waals surface area contributed by atoms with Gasteiger partial charge >= 0.3 is 0 Å². The number of rotatable bonds is 4. The van der Waals surface area contributed by atoms with Crippen LogP contribution in [0.2, 0.25) is 0 Å². The third-order valence-electron chi connectivity index (χ3n) is 2.67. The minimum absolute atomic E-state index is 0.559. The highest BCUT2D eigenvalue weighted by atomic mass is 14.9. The maximum absolute atomic E-state index is 5.37. The molecule has 0 bridgehead atoms. The average molecular weight is 192 g/mol. The van der Waals surface area contributed by atoms with Gasteiger partial charge in [-0.1, -0.05) is 12.1 Å². The van der Waals surface area contributed by atoms with E-state index < -0.39 is 0 Å². The van der Waals surface area contributed by atoms with E-state index in [1.54, 1.807) is 0 Å². The van der Waals surface area contributed by atoms with Gasteiger partial charge in [-0.05, 0) is 49.4 Å². The van der Waals surface area contributed by atoms with Crippen LogP contribution < -0.4 is 11.1 Å². The van der Waals surface area contributed by atoms with E-state index in [4.69, 9.17) is 5.73 Å². The summed E-state index contributed by atoms with van der Waals surface area (Å²) in [5.74, 6) is 0. The summed E-state index contributed by atoms with van der Waals surface area (Å²) in [6.07, 6.45) is 1.06. The maximum atomic E-state index is 5.37. The van der Waals surface area contributed by atoms with E-state index in [0.717, 1.165) is 13.0 Å². The third kappa shape index (κ3) is 2.82. The second-order valence-electron chi connectivity index (χ2n) is 3.82. The summed E-state index contributed by atoms with van der Waals surface area (Å²) in [5.41, 5.74) is 10.9. The van der Waals surface area contributed by atoms with Gasteiger partial charge in [0, 0.05) is 13.2 Å². The number of hydrogen-bond donors (Lipinski definition) is 2. The zero-order chi connectivity index (χ0) is 10.6. The molecular weight excluding hydrogens is 172 g/mol. The first kappa shape index (κ1) is 11.2. The molecule has 0 saturated heterocycles. The Bertz CT molecular complexity index is 305. The molecule has 1 rings (SSSR count). The largest absolute Gasteiger partial charge is 0.318 e. The van der Waals surface area contributed by atoms with Crippen LogP contribution in [0.15, 0.2) is 12.1 Å². The molecule has 3 N–H and O–H groups in total. The van der Waals surface area contributed by atoms with Gasteiger partial charge < -0.3 is 11.1 Å². The fourth-order valence-electron chi connectivity index (χ4n) is 1.61. The van der Waals surface area contributed by atoms with E-state index in [2.05, 4.69) is 38.2 Å². The Morgan fingerprint density at radius 3 is 2.36 bits per heavy atom. The highest BCUT2D eigenvalue weighted by molar-refractivity contribution is 5.36. The van der Waals surface area contributed by atoms with Gasteiger partial charge in [0.2, 0.25) is 0 Å². The summed E-state index contributed by atoms with van der Waals surface area (Å²) >= 11 is 0. The first-order valence-electron chi connectivity index (χ1n) is 5.12. The molecule has 0 atom stereocenters. The third-order valence-corrected chi connectivity index (χ3v) is 2.67. The first-order chi connectivity index (χ1) is 6.65. The summed E-state index contributed by atoms with van der Waals surface area (Å²) < 4.78 is 0. The number of aryl methyl sites for hydroxylation is 3. The highest BCUT2D eigenvalue weighted by Crippen LogP contribution is 2.15. The van der Waals surface area contributed by atoms with Crippen molar-refractivity contribution in [3.8, 4) is 0 Å². The van der Waals surface area contributed by atoms with E-state index in [1.165, 1.54) is 22.3 Å². The molecule has 0 unspecified atom stereocenters. The molecule has 2 heteroatoms. The van der Waals surface area contributed by atoms with Crippen LogP contribution in [-0.2, 0) is 6.42 Å². The second kappa shape index (κ2) is 5.13. The fraction of sp³-hybridized carbons (Fsp3) is 0.500. The summed E-state index contributed by atoms with van der Waals surface area (Å²) in [7, 11) is 0. The van der Waals surface area contributed by atoms with Crippen LogP contribution in [0.25, 0.3) is 0 Å². The van der Waals surface area contributed by atoms with Gasteiger partial charge in [0.05, 0.1) is 0 Å². The van der Waals surface area contributed by atoms with E-state index >= 15 is 0 Å². The van der Waals surface area contributed by atoms with Crippen molar-refractivity contribution in [2.75, 3.05) is 13.2 Å². The molecule has 1 aromatic carbocycles. The van der Waals surface area contributed by atoms with Crippen molar-refractivity contribution in [1.82, 2.24) is 5.32 Å². The monoisotopic (exact) mass is 192 g/mol. The van der Waals surface area contributed by atoms with Gasteiger partial charge in [-0.15, -0.1) is 0 Å². The molecule has 0 heterocycles. The summed E-state index contributed by atoms with van der Waals surface area (Å²) in [6.45, 7) is 8.01. The van der Waals surface area contributed by atoms with Gasteiger partial charge in [0.25, 0.3) is 0 Å². The Hall–Kier alpha value is -0.860. The Labute approximate surface area is 86.5 Å². The van der Waals surface area contributed by atoms with Crippen LogP contribution in [-0.4, -0.2) is 13.2 Å². The lowest BCUT2D eigenvalue weighted by Gasteiger charge is -2.09. The van der Waals surface area contributed by atoms with E-state index in [-0.39, 0.29) is 0 Å². The van der Waals surface area contributed by atoms with Crippen LogP contribution in [0.3, 0.4) is 0 Å².